The van der Waals surface area contributed by atoms with Crippen LogP contribution in [0.1, 0.15) is 24.6 Å². The molecule has 0 aliphatic carbocycles. The van der Waals surface area contributed by atoms with E-state index in [9.17, 15) is 4.79 Å². The second-order valence-electron chi connectivity index (χ2n) is 5.50. The summed E-state index contributed by atoms with van der Waals surface area (Å²) in [6, 6.07) is 15.6. The number of carbonyl (C=O) groups excluding carboxylic acids is 1. The van der Waals surface area contributed by atoms with Crippen LogP contribution < -0.4 is 5.32 Å². The number of pyridine rings is 1. The fourth-order valence-corrected chi connectivity index (χ4v) is 2.44. The van der Waals surface area contributed by atoms with Gasteiger partial charge in [0.15, 0.2) is 0 Å². The van der Waals surface area contributed by atoms with E-state index in [4.69, 9.17) is 4.74 Å². The average Bonchev–Trinajstić information content (AvgIpc) is 2.55. The van der Waals surface area contributed by atoms with Gasteiger partial charge in [0.2, 0.25) is 5.91 Å². The lowest BCUT2D eigenvalue weighted by Crippen LogP contribution is -2.46. The van der Waals surface area contributed by atoms with Crippen molar-refractivity contribution in [3.8, 4) is 0 Å². The lowest BCUT2D eigenvalue weighted by Gasteiger charge is -2.30. The number of aromatic nitrogens is 1. The van der Waals surface area contributed by atoms with Crippen LogP contribution >= 0.6 is 0 Å². The van der Waals surface area contributed by atoms with Crippen LogP contribution in [0.2, 0.25) is 0 Å². The zero-order valence-electron chi connectivity index (χ0n) is 13.1. The average molecular weight is 298 g/mol. The summed E-state index contributed by atoms with van der Waals surface area (Å²) in [6.45, 7) is 2.40. The molecule has 0 spiro atoms. The first-order chi connectivity index (χ1) is 10.6. The van der Waals surface area contributed by atoms with Crippen LogP contribution in [-0.4, -0.2) is 24.6 Å². The predicted molar refractivity (Wildman–Crippen MR) is 86.4 cm³/mol. The third kappa shape index (κ3) is 4.40. The van der Waals surface area contributed by atoms with Crippen LogP contribution in [0.5, 0.6) is 0 Å². The Kier molecular flexibility index (Phi) is 5.67. The number of carbonyl (C=O) groups is 1. The molecule has 0 saturated carbocycles. The molecule has 4 nitrogen and oxygen atoms in total. The van der Waals surface area contributed by atoms with Gasteiger partial charge in [-0.1, -0.05) is 36.4 Å². The van der Waals surface area contributed by atoms with E-state index < -0.39 is 5.54 Å². The van der Waals surface area contributed by atoms with Gasteiger partial charge in [0.1, 0.15) is 0 Å². The minimum Gasteiger partial charge on any atom is -0.382 e. The molecule has 22 heavy (non-hydrogen) atoms. The minimum atomic E-state index is -0.531. The third-order valence-corrected chi connectivity index (χ3v) is 3.59. The highest BCUT2D eigenvalue weighted by atomic mass is 16.5. The Labute approximate surface area is 131 Å². The molecule has 1 aromatic heterocycles. The van der Waals surface area contributed by atoms with Crippen molar-refractivity contribution in [2.45, 2.75) is 25.3 Å². The van der Waals surface area contributed by atoms with Gasteiger partial charge < -0.3 is 10.1 Å². The molecule has 0 saturated heterocycles. The van der Waals surface area contributed by atoms with E-state index in [1.165, 1.54) is 0 Å². The number of hydrogen-bond acceptors (Lipinski definition) is 3. The summed E-state index contributed by atoms with van der Waals surface area (Å²) in [6.07, 6.45) is 2.78. The standard InChI is InChI=1S/C18H22N2O2/c1-18(14-22-2,15-8-4-3-5-9-15)20-17(21)12-11-16-10-6-7-13-19-16/h3-10,13H,11-12,14H2,1-2H3,(H,20,21)/t18-/m1/s1. The van der Waals surface area contributed by atoms with Crippen LogP contribution in [0.25, 0.3) is 0 Å². The van der Waals surface area contributed by atoms with Gasteiger partial charge in [0.05, 0.1) is 12.1 Å². The number of nitrogens with zero attached hydrogens (tertiary/aromatic N) is 1. The summed E-state index contributed by atoms with van der Waals surface area (Å²) in [5, 5.41) is 3.09. The second kappa shape index (κ2) is 7.71. The number of ether oxygens (including phenoxy) is 1. The number of benzene rings is 1. The molecule has 0 aliphatic rings. The van der Waals surface area contributed by atoms with Crippen LogP contribution in [0.4, 0.5) is 0 Å². The van der Waals surface area contributed by atoms with Crippen molar-refractivity contribution in [1.29, 1.82) is 0 Å². The quantitative estimate of drug-likeness (QED) is 0.855. The zero-order valence-corrected chi connectivity index (χ0v) is 13.1. The van der Waals surface area contributed by atoms with Gasteiger partial charge in [0.25, 0.3) is 0 Å². The molecule has 0 fully saturated rings. The normalized spacial score (nSPS) is 13.4. The molecule has 0 bridgehead atoms. The fraction of sp³-hybridized carbons (Fsp3) is 0.333. The summed E-state index contributed by atoms with van der Waals surface area (Å²) < 4.78 is 5.30. The molecule has 0 radical (unpaired) electrons. The molecule has 0 unspecified atom stereocenters. The molecule has 1 heterocycles. The lowest BCUT2D eigenvalue weighted by molar-refractivity contribution is -0.123. The van der Waals surface area contributed by atoms with Crippen molar-refractivity contribution < 1.29 is 9.53 Å². The van der Waals surface area contributed by atoms with Gasteiger partial charge in [0, 0.05) is 25.4 Å². The van der Waals surface area contributed by atoms with Gasteiger partial charge in [-0.25, -0.2) is 0 Å². The van der Waals surface area contributed by atoms with Gasteiger partial charge >= 0.3 is 0 Å². The molecule has 1 atom stereocenters. The number of nitrogens with one attached hydrogen (secondary N) is 1. The summed E-state index contributed by atoms with van der Waals surface area (Å²) in [4.78, 5) is 16.5. The number of aryl methyl sites for hydroxylation is 1. The Hall–Kier alpha value is -2.20. The molecule has 2 aromatic rings. The maximum absolute atomic E-state index is 12.3. The van der Waals surface area contributed by atoms with Crippen molar-refractivity contribution in [2.75, 3.05) is 13.7 Å². The molecule has 4 heteroatoms. The van der Waals surface area contributed by atoms with Crippen molar-refractivity contribution in [3.05, 3.63) is 66.0 Å². The van der Waals surface area contributed by atoms with E-state index in [2.05, 4.69) is 10.3 Å². The van der Waals surface area contributed by atoms with E-state index in [1.54, 1.807) is 13.3 Å². The Balaban J connectivity index is 2.00. The van der Waals surface area contributed by atoms with Crippen molar-refractivity contribution in [1.82, 2.24) is 10.3 Å². The van der Waals surface area contributed by atoms with Crippen molar-refractivity contribution in [3.63, 3.8) is 0 Å². The van der Waals surface area contributed by atoms with Crippen molar-refractivity contribution in [2.24, 2.45) is 0 Å². The summed E-state index contributed by atoms with van der Waals surface area (Å²) >= 11 is 0. The van der Waals surface area contributed by atoms with Gasteiger partial charge in [-0.2, -0.15) is 0 Å². The highest BCUT2D eigenvalue weighted by molar-refractivity contribution is 5.77. The Morgan fingerprint density at radius 2 is 1.91 bits per heavy atom. The van der Waals surface area contributed by atoms with Crippen LogP contribution in [-0.2, 0) is 21.5 Å². The van der Waals surface area contributed by atoms with Crippen LogP contribution in [0, 0.1) is 0 Å². The summed E-state index contributed by atoms with van der Waals surface area (Å²) in [5.41, 5.74) is 1.42. The number of hydrogen-bond donors (Lipinski definition) is 1. The smallest absolute Gasteiger partial charge is 0.221 e. The molecular formula is C18H22N2O2. The SMILES string of the molecule is COC[C@@](C)(NC(=O)CCc1ccccn1)c1ccccc1. The van der Waals surface area contributed by atoms with Gasteiger partial charge in [-0.05, 0) is 31.0 Å². The van der Waals surface area contributed by atoms with E-state index >= 15 is 0 Å². The van der Waals surface area contributed by atoms with E-state index in [0.29, 0.717) is 19.4 Å². The molecule has 1 N–H and O–H groups in total. The zero-order chi connectivity index (χ0) is 15.8. The monoisotopic (exact) mass is 298 g/mol. The summed E-state index contributed by atoms with van der Waals surface area (Å²) in [7, 11) is 1.64. The lowest BCUT2D eigenvalue weighted by atomic mass is 9.92. The maximum atomic E-state index is 12.3. The van der Waals surface area contributed by atoms with Crippen LogP contribution in [0.15, 0.2) is 54.7 Å². The first kappa shape index (κ1) is 16.2. The summed E-state index contributed by atoms with van der Waals surface area (Å²) in [5.74, 6) is -0.00550. The molecule has 0 aliphatic heterocycles. The fourth-order valence-electron chi connectivity index (χ4n) is 2.44. The van der Waals surface area contributed by atoms with E-state index in [1.807, 2.05) is 55.5 Å². The van der Waals surface area contributed by atoms with Crippen LogP contribution in [0.3, 0.4) is 0 Å². The molecule has 1 aromatic carbocycles. The largest absolute Gasteiger partial charge is 0.382 e. The number of rotatable bonds is 7. The van der Waals surface area contributed by atoms with E-state index in [0.717, 1.165) is 11.3 Å². The Morgan fingerprint density at radius 1 is 1.18 bits per heavy atom. The topological polar surface area (TPSA) is 51.2 Å². The molecule has 116 valence electrons. The molecule has 1 amide bonds. The Bertz CT molecular complexity index is 587. The Morgan fingerprint density at radius 3 is 2.55 bits per heavy atom. The number of amides is 1. The van der Waals surface area contributed by atoms with Crippen molar-refractivity contribution >= 4 is 5.91 Å². The highest BCUT2D eigenvalue weighted by Crippen LogP contribution is 2.21. The number of methoxy groups -OCH3 is 1. The highest BCUT2D eigenvalue weighted by Gasteiger charge is 2.28. The predicted octanol–water partition coefficient (Wildman–Crippen LogP) is 2.69. The molecular weight excluding hydrogens is 276 g/mol. The van der Waals surface area contributed by atoms with Gasteiger partial charge in [-0.15, -0.1) is 0 Å². The second-order valence-corrected chi connectivity index (χ2v) is 5.50. The maximum Gasteiger partial charge on any atom is 0.221 e. The third-order valence-electron chi connectivity index (χ3n) is 3.59. The molecule has 2 rings (SSSR count). The first-order valence-corrected chi connectivity index (χ1v) is 7.39. The van der Waals surface area contributed by atoms with Gasteiger partial charge in [-0.3, -0.25) is 9.78 Å². The first-order valence-electron chi connectivity index (χ1n) is 7.39. The van der Waals surface area contributed by atoms with E-state index in [-0.39, 0.29) is 5.91 Å². The minimum absolute atomic E-state index is 0.00550.